The lowest BCUT2D eigenvalue weighted by Crippen LogP contribution is -2.38. The number of hydrogen-bond donors (Lipinski definition) is 1. The number of amides is 1. The van der Waals surface area contributed by atoms with Gasteiger partial charge in [0.15, 0.2) is 0 Å². The highest BCUT2D eigenvalue weighted by molar-refractivity contribution is 5.74. The van der Waals surface area contributed by atoms with Crippen molar-refractivity contribution in [3.8, 4) is 0 Å². The maximum Gasteiger partial charge on any atom is 0.410 e. The molecule has 6 heteroatoms. The number of benzene rings is 1. The summed E-state index contributed by atoms with van der Waals surface area (Å²) < 4.78 is 11.2. The minimum atomic E-state index is -0.578. The quantitative estimate of drug-likeness (QED) is 0.751. The summed E-state index contributed by atoms with van der Waals surface area (Å²) in [6.07, 6.45) is 0.892. The van der Waals surface area contributed by atoms with Gasteiger partial charge in [0.2, 0.25) is 0 Å². The first-order valence-electron chi connectivity index (χ1n) is 10.3. The van der Waals surface area contributed by atoms with E-state index in [-0.39, 0.29) is 30.5 Å². The number of nitrogens with zero attached hydrogens (tertiary/aromatic N) is 1. The summed E-state index contributed by atoms with van der Waals surface area (Å²) in [7, 11) is 0. The Morgan fingerprint density at radius 3 is 2.31 bits per heavy atom. The summed E-state index contributed by atoms with van der Waals surface area (Å²) in [4.78, 5) is 27.1. The van der Waals surface area contributed by atoms with Crippen LogP contribution in [0.4, 0.5) is 4.79 Å². The summed E-state index contributed by atoms with van der Waals surface area (Å²) in [5.74, 6) is -0.617. The average molecular weight is 406 g/mol. The number of ether oxygens (including phenoxy) is 2. The highest BCUT2D eigenvalue weighted by Crippen LogP contribution is 2.30. The van der Waals surface area contributed by atoms with Gasteiger partial charge in [-0.1, -0.05) is 24.3 Å². The van der Waals surface area contributed by atoms with E-state index >= 15 is 0 Å². The lowest BCUT2D eigenvalue weighted by Gasteiger charge is -2.28. The largest absolute Gasteiger partial charge is 0.460 e. The van der Waals surface area contributed by atoms with Crippen molar-refractivity contribution in [3.05, 3.63) is 35.4 Å². The molecule has 0 saturated carbocycles. The Morgan fingerprint density at radius 1 is 1.10 bits per heavy atom. The molecule has 1 amide bonds. The van der Waals surface area contributed by atoms with E-state index in [0.29, 0.717) is 19.5 Å². The lowest BCUT2D eigenvalue weighted by molar-refractivity contribution is -0.161. The summed E-state index contributed by atoms with van der Waals surface area (Å²) in [6, 6.07) is 7.61. The molecule has 0 aromatic heterocycles. The van der Waals surface area contributed by atoms with Gasteiger partial charge in [-0.2, -0.15) is 0 Å². The van der Waals surface area contributed by atoms with Gasteiger partial charge >= 0.3 is 12.1 Å². The molecule has 2 atom stereocenters. The van der Waals surface area contributed by atoms with Crippen molar-refractivity contribution in [2.75, 3.05) is 13.1 Å². The predicted octanol–water partition coefficient (Wildman–Crippen LogP) is 3.94. The van der Waals surface area contributed by atoms with Crippen LogP contribution in [0, 0.1) is 11.8 Å². The van der Waals surface area contributed by atoms with Gasteiger partial charge in [-0.05, 0) is 71.4 Å². The third kappa shape index (κ3) is 7.35. The van der Waals surface area contributed by atoms with E-state index in [1.807, 2.05) is 65.8 Å². The number of hydrogen-bond acceptors (Lipinski definition) is 5. The summed E-state index contributed by atoms with van der Waals surface area (Å²) in [5.41, 5.74) is 0.659. The van der Waals surface area contributed by atoms with Gasteiger partial charge < -0.3 is 19.5 Å². The van der Waals surface area contributed by atoms with Crippen molar-refractivity contribution in [1.82, 2.24) is 4.90 Å². The van der Waals surface area contributed by atoms with Gasteiger partial charge in [0.25, 0.3) is 0 Å². The molecule has 0 aliphatic carbocycles. The molecule has 1 heterocycles. The van der Waals surface area contributed by atoms with Crippen LogP contribution in [0.15, 0.2) is 24.3 Å². The van der Waals surface area contributed by atoms with Crippen molar-refractivity contribution < 1.29 is 24.2 Å². The second-order valence-electron chi connectivity index (χ2n) is 9.80. The van der Waals surface area contributed by atoms with Crippen LogP contribution in [0.1, 0.15) is 59.1 Å². The number of esters is 1. The smallest absolute Gasteiger partial charge is 0.410 e. The fourth-order valence-electron chi connectivity index (χ4n) is 3.54. The molecule has 0 radical (unpaired) electrons. The molecule has 2 unspecified atom stereocenters. The van der Waals surface area contributed by atoms with E-state index in [9.17, 15) is 14.7 Å². The van der Waals surface area contributed by atoms with Crippen LogP contribution >= 0.6 is 0 Å². The fourth-order valence-corrected chi connectivity index (χ4v) is 3.54. The summed E-state index contributed by atoms with van der Waals surface area (Å²) in [6.45, 7) is 12.1. The van der Waals surface area contributed by atoms with Gasteiger partial charge in [0, 0.05) is 13.1 Å². The molecular weight excluding hydrogens is 370 g/mol. The average Bonchev–Trinajstić information content (AvgIpc) is 3.06. The van der Waals surface area contributed by atoms with E-state index < -0.39 is 11.2 Å². The molecule has 29 heavy (non-hydrogen) atoms. The first-order chi connectivity index (χ1) is 13.4. The van der Waals surface area contributed by atoms with E-state index in [1.54, 1.807) is 4.90 Å². The van der Waals surface area contributed by atoms with Crippen LogP contribution < -0.4 is 0 Å². The van der Waals surface area contributed by atoms with E-state index in [4.69, 9.17) is 9.47 Å². The molecule has 6 nitrogen and oxygen atoms in total. The normalized spacial score (nSPS) is 18.4. The van der Waals surface area contributed by atoms with E-state index in [2.05, 4.69) is 0 Å². The van der Waals surface area contributed by atoms with Gasteiger partial charge in [-0.15, -0.1) is 0 Å². The Kier molecular flexibility index (Phi) is 7.33. The maximum atomic E-state index is 13.0. The molecule has 0 bridgehead atoms. The monoisotopic (exact) mass is 405 g/mol. The molecule has 2 rings (SSSR count). The Balaban J connectivity index is 2.17. The highest BCUT2D eigenvalue weighted by atomic mass is 16.6. The number of carbonyl (C=O) groups is 2. The minimum absolute atomic E-state index is 0.00449. The van der Waals surface area contributed by atoms with Crippen LogP contribution in [0.5, 0.6) is 0 Å². The molecule has 0 spiro atoms. The summed E-state index contributed by atoms with van der Waals surface area (Å²) >= 11 is 0. The third-order valence-corrected chi connectivity index (χ3v) is 4.78. The van der Waals surface area contributed by atoms with E-state index in [0.717, 1.165) is 17.5 Å². The molecular formula is C23H35NO5. The standard InChI is InChI=1S/C23H35NO5/c1-22(2,3)28-20(26)19(13-16-8-7-9-17(12-16)15-25)18-10-11-24(14-18)21(27)29-23(4,5)6/h7-9,12,18-19,25H,10-11,13-15H2,1-6H3. The summed E-state index contributed by atoms with van der Waals surface area (Å²) in [5, 5.41) is 9.41. The SMILES string of the molecule is CC(C)(C)OC(=O)C(Cc1cccc(CO)c1)C1CCN(C(=O)OC(C)(C)C)C1. The number of carbonyl (C=O) groups excluding carboxylic acids is 2. The first kappa shape index (κ1) is 23.2. The van der Waals surface area contributed by atoms with Crippen molar-refractivity contribution >= 4 is 12.1 Å². The van der Waals surface area contributed by atoms with Crippen LogP contribution in [0.2, 0.25) is 0 Å². The number of aliphatic hydroxyl groups is 1. The molecule has 1 aliphatic heterocycles. The minimum Gasteiger partial charge on any atom is -0.460 e. The van der Waals surface area contributed by atoms with Crippen molar-refractivity contribution in [2.45, 2.75) is 72.2 Å². The van der Waals surface area contributed by atoms with Crippen LogP contribution in [-0.4, -0.2) is 46.4 Å². The zero-order chi connectivity index (χ0) is 21.8. The second-order valence-corrected chi connectivity index (χ2v) is 9.80. The Labute approximate surface area is 174 Å². The van der Waals surface area contributed by atoms with Crippen LogP contribution in [0.3, 0.4) is 0 Å². The zero-order valence-electron chi connectivity index (χ0n) is 18.5. The zero-order valence-corrected chi connectivity index (χ0v) is 18.5. The number of aliphatic hydroxyl groups excluding tert-OH is 1. The van der Waals surface area contributed by atoms with Gasteiger partial charge in [-0.3, -0.25) is 4.79 Å². The third-order valence-electron chi connectivity index (χ3n) is 4.78. The molecule has 1 aromatic rings. The highest BCUT2D eigenvalue weighted by Gasteiger charge is 2.39. The van der Waals surface area contributed by atoms with Gasteiger partial charge in [-0.25, -0.2) is 4.79 Å². The Morgan fingerprint density at radius 2 is 1.72 bits per heavy atom. The van der Waals surface area contributed by atoms with Crippen LogP contribution in [-0.2, 0) is 27.3 Å². The molecule has 1 fully saturated rings. The predicted molar refractivity (Wildman–Crippen MR) is 111 cm³/mol. The topological polar surface area (TPSA) is 76.1 Å². The molecule has 162 valence electrons. The molecule has 1 saturated heterocycles. The number of rotatable bonds is 5. The number of likely N-dealkylation sites (tertiary alicyclic amines) is 1. The Hall–Kier alpha value is -2.08. The fraction of sp³-hybridized carbons (Fsp3) is 0.652. The van der Waals surface area contributed by atoms with Crippen molar-refractivity contribution in [1.29, 1.82) is 0 Å². The molecule has 1 aromatic carbocycles. The Bertz CT molecular complexity index is 717. The van der Waals surface area contributed by atoms with Gasteiger partial charge in [0.05, 0.1) is 12.5 Å². The van der Waals surface area contributed by atoms with Crippen LogP contribution in [0.25, 0.3) is 0 Å². The van der Waals surface area contributed by atoms with Crippen molar-refractivity contribution in [3.63, 3.8) is 0 Å². The first-order valence-corrected chi connectivity index (χ1v) is 10.3. The lowest BCUT2D eigenvalue weighted by atomic mass is 9.85. The van der Waals surface area contributed by atoms with Crippen molar-refractivity contribution in [2.24, 2.45) is 11.8 Å². The van der Waals surface area contributed by atoms with Gasteiger partial charge in [0.1, 0.15) is 11.2 Å². The molecule has 1 aliphatic rings. The van der Waals surface area contributed by atoms with E-state index in [1.165, 1.54) is 0 Å². The molecule has 1 N–H and O–H groups in total. The second kappa shape index (κ2) is 9.16. The maximum absolute atomic E-state index is 13.0.